The molecule has 1 atom stereocenters. The molecule has 3 heteroatoms. The average molecular weight is 276 g/mol. The third-order valence-electron chi connectivity index (χ3n) is 3.21. The van der Waals surface area contributed by atoms with Crippen LogP contribution in [0.25, 0.3) is 0 Å². The topological polar surface area (TPSA) is 38.7 Å². The van der Waals surface area contributed by atoms with E-state index in [-0.39, 0.29) is 12.7 Å². The van der Waals surface area contributed by atoms with Crippen LogP contribution in [0, 0.1) is 17.8 Å². The van der Waals surface area contributed by atoms with Gasteiger partial charge in [-0.3, -0.25) is 0 Å². The van der Waals surface area contributed by atoms with E-state index in [2.05, 4.69) is 32.6 Å². The lowest BCUT2D eigenvalue weighted by Gasteiger charge is -2.17. The van der Waals surface area contributed by atoms with E-state index in [0.29, 0.717) is 18.9 Å². The third kappa shape index (κ3) is 5.24. The summed E-state index contributed by atoms with van der Waals surface area (Å²) >= 11 is 0. The summed E-state index contributed by atoms with van der Waals surface area (Å²) in [6.07, 6.45) is 0.675. The van der Waals surface area contributed by atoms with Crippen LogP contribution in [0.15, 0.2) is 18.2 Å². The Bertz CT molecular complexity index is 469. The number of methoxy groups -OCH3 is 1. The Morgan fingerprint density at radius 1 is 1.25 bits per heavy atom. The summed E-state index contributed by atoms with van der Waals surface area (Å²) in [6, 6.07) is 5.77. The minimum Gasteiger partial charge on any atom is -0.497 e. The van der Waals surface area contributed by atoms with Crippen molar-refractivity contribution in [3.05, 3.63) is 29.3 Å². The molecule has 3 nitrogen and oxygen atoms in total. The van der Waals surface area contributed by atoms with Crippen LogP contribution >= 0.6 is 0 Å². The zero-order valence-corrected chi connectivity index (χ0v) is 12.8. The molecule has 0 aliphatic rings. The molecule has 0 aliphatic carbocycles. The largest absolute Gasteiger partial charge is 0.497 e. The van der Waals surface area contributed by atoms with Crippen LogP contribution in [-0.4, -0.2) is 24.9 Å². The van der Waals surface area contributed by atoms with Gasteiger partial charge in [0.25, 0.3) is 0 Å². The number of hydrogen-bond acceptors (Lipinski definition) is 3. The van der Waals surface area contributed by atoms with E-state index in [1.807, 2.05) is 18.2 Å². The minimum absolute atomic E-state index is 0.0827. The molecule has 0 fully saturated rings. The van der Waals surface area contributed by atoms with Gasteiger partial charge in [-0.25, -0.2) is 0 Å². The molecular weight excluding hydrogens is 252 g/mol. The maximum absolute atomic E-state index is 8.79. The van der Waals surface area contributed by atoms with E-state index in [9.17, 15) is 0 Å². The van der Waals surface area contributed by atoms with Crippen molar-refractivity contribution in [1.29, 1.82) is 0 Å². The first-order valence-electron chi connectivity index (χ1n) is 6.96. The molecule has 1 aromatic carbocycles. The number of aliphatic hydroxyl groups excluding tert-OH is 1. The van der Waals surface area contributed by atoms with Gasteiger partial charge in [-0.05, 0) is 36.6 Å². The molecule has 0 aliphatic heterocycles. The van der Waals surface area contributed by atoms with Crippen molar-refractivity contribution in [3.63, 3.8) is 0 Å². The van der Waals surface area contributed by atoms with E-state index in [4.69, 9.17) is 14.6 Å². The molecule has 0 heterocycles. The summed E-state index contributed by atoms with van der Waals surface area (Å²) in [7, 11) is 1.65. The number of benzene rings is 1. The molecule has 0 bridgehead atoms. The maximum atomic E-state index is 8.79. The molecule has 1 rings (SSSR count). The first-order valence-corrected chi connectivity index (χ1v) is 6.96. The summed E-state index contributed by atoms with van der Waals surface area (Å²) < 4.78 is 11.1. The van der Waals surface area contributed by atoms with Crippen LogP contribution in [0.3, 0.4) is 0 Å². The van der Waals surface area contributed by atoms with Gasteiger partial charge < -0.3 is 14.6 Å². The van der Waals surface area contributed by atoms with Crippen molar-refractivity contribution in [2.24, 2.45) is 5.92 Å². The van der Waals surface area contributed by atoms with Gasteiger partial charge in [-0.1, -0.05) is 25.7 Å². The van der Waals surface area contributed by atoms with Crippen molar-refractivity contribution >= 4 is 0 Å². The monoisotopic (exact) mass is 276 g/mol. The molecule has 0 saturated carbocycles. The van der Waals surface area contributed by atoms with E-state index in [1.165, 1.54) is 0 Å². The molecule has 0 spiro atoms. The predicted molar refractivity (Wildman–Crippen MR) is 80.7 cm³/mol. The van der Waals surface area contributed by atoms with E-state index in [1.54, 1.807) is 7.11 Å². The number of hydrogen-bond donors (Lipinski definition) is 1. The SMILES string of the molecule is COc1ccc(C#CCCO)c(COC(C)C(C)C)c1. The highest BCUT2D eigenvalue weighted by Gasteiger charge is 2.09. The van der Waals surface area contributed by atoms with Crippen LogP contribution in [-0.2, 0) is 11.3 Å². The van der Waals surface area contributed by atoms with Gasteiger partial charge in [-0.2, -0.15) is 0 Å². The number of rotatable bonds is 6. The molecule has 0 amide bonds. The lowest BCUT2D eigenvalue weighted by Crippen LogP contribution is -2.15. The van der Waals surface area contributed by atoms with E-state index >= 15 is 0 Å². The predicted octanol–water partition coefficient (Wildman–Crippen LogP) is 2.99. The van der Waals surface area contributed by atoms with Crippen LogP contribution in [0.1, 0.15) is 38.3 Å². The second-order valence-corrected chi connectivity index (χ2v) is 5.06. The Balaban J connectivity index is 2.87. The van der Waals surface area contributed by atoms with Crippen LogP contribution in [0.4, 0.5) is 0 Å². The third-order valence-corrected chi connectivity index (χ3v) is 3.21. The van der Waals surface area contributed by atoms with Crippen LogP contribution < -0.4 is 4.74 Å². The van der Waals surface area contributed by atoms with Crippen molar-refractivity contribution in [2.45, 2.75) is 39.9 Å². The lowest BCUT2D eigenvalue weighted by atomic mass is 10.1. The highest BCUT2D eigenvalue weighted by molar-refractivity contribution is 5.45. The van der Waals surface area contributed by atoms with Crippen molar-refractivity contribution < 1.29 is 14.6 Å². The van der Waals surface area contributed by atoms with Gasteiger partial charge in [0.05, 0.1) is 26.4 Å². The molecule has 20 heavy (non-hydrogen) atoms. The highest BCUT2D eigenvalue weighted by Crippen LogP contribution is 2.19. The standard InChI is InChI=1S/C17H24O3/c1-13(2)14(3)20-12-16-11-17(19-4)9-8-15(16)7-5-6-10-18/h8-9,11,13-14,18H,6,10,12H2,1-4H3. The fourth-order valence-corrected chi connectivity index (χ4v) is 1.57. The van der Waals surface area contributed by atoms with Crippen molar-refractivity contribution in [1.82, 2.24) is 0 Å². The summed E-state index contributed by atoms with van der Waals surface area (Å²) in [5.41, 5.74) is 1.94. The van der Waals surface area contributed by atoms with E-state index < -0.39 is 0 Å². The molecule has 1 aromatic rings. The second-order valence-electron chi connectivity index (χ2n) is 5.06. The smallest absolute Gasteiger partial charge is 0.119 e. The normalized spacial score (nSPS) is 11.9. The van der Waals surface area contributed by atoms with Crippen molar-refractivity contribution in [3.8, 4) is 17.6 Å². The molecule has 1 N–H and O–H groups in total. The van der Waals surface area contributed by atoms with Crippen LogP contribution in [0.5, 0.6) is 5.75 Å². The quantitative estimate of drug-likeness (QED) is 0.812. The molecule has 0 aromatic heterocycles. The number of ether oxygens (including phenoxy) is 2. The molecule has 0 radical (unpaired) electrons. The zero-order chi connectivity index (χ0) is 15.0. The molecular formula is C17H24O3. The Morgan fingerprint density at radius 2 is 2.00 bits per heavy atom. The Hall–Kier alpha value is -1.50. The number of aliphatic hydroxyl groups is 1. The average Bonchev–Trinajstić information content (AvgIpc) is 2.45. The van der Waals surface area contributed by atoms with Gasteiger partial charge in [0.1, 0.15) is 5.75 Å². The van der Waals surface area contributed by atoms with Crippen molar-refractivity contribution in [2.75, 3.05) is 13.7 Å². The van der Waals surface area contributed by atoms with Gasteiger partial charge in [0, 0.05) is 12.0 Å². The zero-order valence-electron chi connectivity index (χ0n) is 12.8. The van der Waals surface area contributed by atoms with Gasteiger partial charge >= 0.3 is 0 Å². The summed E-state index contributed by atoms with van der Waals surface area (Å²) in [4.78, 5) is 0. The molecule has 0 saturated heterocycles. The van der Waals surface area contributed by atoms with Gasteiger partial charge in [0.2, 0.25) is 0 Å². The summed E-state index contributed by atoms with van der Waals surface area (Å²) in [6.45, 7) is 6.94. The Labute approximate surface area is 121 Å². The fraction of sp³-hybridized carbons (Fsp3) is 0.529. The maximum Gasteiger partial charge on any atom is 0.119 e. The fourth-order valence-electron chi connectivity index (χ4n) is 1.57. The Kier molecular flexibility index (Phi) is 7.14. The molecule has 110 valence electrons. The second kappa shape index (κ2) is 8.63. The van der Waals surface area contributed by atoms with E-state index in [0.717, 1.165) is 16.9 Å². The summed E-state index contributed by atoms with van der Waals surface area (Å²) in [5, 5.41) is 8.79. The molecule has 1 unspecified atom stereocenters. The van der Waals surface area contributed by atoms with Crippen LogP contribution in [0.2, 0.25) is 0 Å². The summed E-state index contributed by atoms with van der Waals surface area (Å²) in [5.74, 6) is 7.29. The van der Waals surface area contributed by atoms with Gasteiger partial charge in [-0.15, -0.1) is 0 Å². The first-order chi connectivity index (χ1) is 9.58. The minimum atomic E-state index is 0.0827. The first kappa shape index (κ1) is 16.6. The van der Waals surface area contributed by atoms with Gasteiger partial charge in [0.15, 0.2) is 0 Å². The lowest BCUT2D eigenvalue weighted by molar-refractivity contribution is 0.0233. The highest BCUT2D eigenvalue weighted by atomic mass is 16.5. The Morgan fingerprint density at radius 3 is 2.60 bits per heavy atom.